The molecule has 0 aliphatic rings. The number of nitrogens with one attached hydrogen (secondary N) is 2. The number of nitrogens with zero attached hydrogens (tertiary/aromatic N) is 7. The van der Waals surface area contributed by atoms with Crippen LogP contribution in [0.2, 0.25) is 0 Å². The Morgan fingerprint density at radius 2 is 1.37 bits per heavy atom. The van der Waals surface area contributed by atoms with Crippen LogP contribution in [0.4, 0.5) is 23.3 Å². The molecule has 11 nitrogen and oxygen atoms in total. The number of nitrogens with two attached hydrogens (primary N) is 2. The van der Waals surface area contributed by atoms with Gasteiger partial charge in [0.15, 0.2) is 0 Å². The highest BCUT2D eigenvalue weighted by molar-refractivity contribution is 5.93. The molecule has 3 heterocycles. The Hall–Kier alpha value is -4.22. The largest absolute Gasteiger partial charge is 0.404 e. The van der Waals surface area contributed by atoms with E-state index >= 15 is 0 Å². The van der Waals surface area contributed by atoms with Crippen molar-refractivity contribution in [2.75, 3.05) is 13.1 Å². The van der Waals surface area contributed by atoms with Gasteiger partial charge in [0.05, 0.1) is 13.1 Å². The molecule has 0 saturated heterocycles. The fraction of sp³-hybridized carbons (Fsp3) is 0.250. The highest BCUT2D eigenvalue weighted by Crippen LogP contribution is 2.32. The number of aromatic amines is 2. The Kier molecular flexibility index (Phi) is 6.17. The summed E-state index contributed by atoms with van der Waals surface area (Å²) in [7, 11) is 0. The molecule has 0 aliphatic heterocycles. The first kappa shape index (κ1) is 22.6. The molecule has 0 bridgehead atoms. The van der Waals surface area contributed by atoms with E-state index in [-0.39, 0.29) is 0 Å². The lowest BCUT2D eigenvalue weighted by molar-refractivity contribution is -0.669. The number of para-hydroxylation sites is 2. The quantitative estimate of drug-likeness (QED) is 0.195. The third-order valence-corrected chi connectivity index (χ3v) is 5.82. The number of hydrogen-bond donors (Lipinski definition) is 4. The van der Waals surface area contributed by atoms with Crippen LogP contribution in [-0.2, 0) is 13.1 Å². The molecule has 0 spiro atoms. The predicted octanol–water partition coefficient (Wildman–Crippen LogP) is 4.50. The van der Waals surface area contributed by atoms with Gasteiger partial charge in [0.2, 0.25) is 0 Å². The number of benzene rings is 2. The molecule has 5 rings (SSSR count). The van der Waals surface area contributed by atoms with Crippen LogP contribution in [0.1, 0.15) is 11.4 Å². The average molecular weight is 471 g/mol. The van der Waals surface area contributed by atoms with Crippen molar-refractivity contribution < 1.29 is 4.57 Å². The zero-order chi connectivity index (χ0) is 24.4. The second-order valence-corrected chi connectivity index (χ2v) is 8.24. The fourth-order valence-electron chi connectivity index (χ4n) is 4.19. The minimum absolute atomic E-state index is 0.377. The van der Waals surface area contributed by atoms with Crippen molar-refractivity contribution >= 4 is 45.1 Å². The SMILES string of the molecule is Cc1[nH]c2ccccc2c1N=Nc1nn(CCN)c(N=Nc2c(C)[nH]c3ccccc23)[n+]1CCN. The van der Waals surface area contributed by atoms with Crippen LogP contribution in [0.15, 0.2) is 69.0 Å². The van der Waals surface area contributed by atoms with Gasteiger partial charge in [-0.15, -0.1) is 4.68 Å². The number of rotatable bonds is 8. The topological polar surface area (TPSA) is 155 Å². The molecule has 11 heteroatoms. The normalized spacial score (nSPS) is 12.2. The Morgan fingerprint density at radius 1 is 0.800 bits per heavy atom. The molecular formula is C24H28N11+. The van der Waals surface area contributed by atoms with Gasteiger partial charge in [-0.2, -0.15) is 0 Å². The van der Waals surface area contributed by atoms with E-state index in [1.54, 1.807) is 4.68 Å². The van der Waals surface area contributed by atoms with Gasteiger partial charge in [-0.25, -0.2) is 4.57 Å². The predicted molar refractivity (Wildman–Crippen MR) is 135 cm³/mol. The highest BCUT2D eigenvalue weighted by atomic mass is 15.5. The molecule has 178 valence electrons. The number of aryl methyl sites for hydroxylation is 2. The summed E-state index contributed by atoms with van der Waals surface area (Å²) in [6.45, 7) is 5.61. The standard InChI is InChI=1S/C24H27N11/c1-15-21(17-7-3-5-9-19(17)27-15)29-31-23-33-35(14-12-26)24(34(23)13-11-25)32-30-22-16(2)28-20-10-6-4-8-18(20)22/h3-10H,11-14,25-26H2,1-2H3,(H,27,31,33)/p+1. The lowest BCUT2D eigenvalue weighted by Gasteiger charge is -1.98. The van der Waals surface area contributed by atoms with Crippen molar-refractivity contribution in [3.05, 3.63) is 59.9 Å². The van der Waals surface area contributed by atoms with Crippen LogP contribution in [0.5, 0.6) is 0 Å². The van der Waals surface area contributed by atoms with Gasteiger partial charge in [-0.1, -0.05) is 46.6 Å². The zero-order valence-electron chi connectivity index (χ0n) is 19.7. The van der Waals surface area contributed by atoms with E-state index in [1.807, 2.05) is 66.9 Å². The maximum Gasteiger partial charge on any atom is 0.404 e. The summed E-state index contributed by atoms with van der Waals surface area (Å²) < 4.78 is 3.51. The highest BCUT2D eigenvalue weighted by Gasteiger charge is 2.25. The second-order valence-electron chi connectivity index (χ2n) is 8.24. The Bertz CT molecular complexity index is 1550. The van der Waals surface area contributed by atoms with Crippen molar-refractivity contribution in [2.24, 2.45) is 31.9 Å². The second kappa shape index (κ2) is 9.57. The van der Waals surface area contributed by atoms with Gasteiger partial charge in [-0.05, 0) is 36.2 Å². The first-order valence-electron chi connectivity index (χ1n) is 11.5. The molecule has 3 aromatic heterocycles. The Labute approximate surface area is 201 Å². The maximum atomic E-state index is 5.92. The summed E-state index contributed by atoms with van der Waals surface area (Å²) in [6, 6.07) is 16.0. The van der Waals surface area contributed by atoms with Crippen LogP contribution in [0.3, 0.4) is 0 Å². The monoisotopic (exact) mass is 470 g/mol. The summed E-state index contributed by atoms with van der Waals surface area (Å²) in [5.41, 5.74) is 17.2. The van der Waals surface area contributed by atoms with Gasteiger partial charge < -0.3 is 21.4 Å². The van der Waals surface area contributed by atoms with E-state index < -0.39 is 0 Å². The third kappa shape index (κ3) is 4.22. The van der Waals surface area contributed by atoms with Gasteiger partial charge in [0, 0.05) is 51.4 Å². The molecule has 2 aromatic carbocycles. The van der Waals surface area contributed by atoms with E-state index in [1.165, 1.54) is 0 Å². The van der Waals surface area contributed by atoms with Gasteiger partial charge in [-0.3, -0.25) is 0 Å². The van der Waals surface area contributed by atoms with Crippen molar-refractivity contribution in [1.29, 1.82) is 0 Å². The van der Waals surface area contributed by atoms with Crippen molar-refractivity contribution in [2.45, 2.75) is 26.9 Å². The van der Waals surface area contributed by atoms with Crippen LogP contribution in [0.25, 0.3) is 21.8 Å². The summed E-state index contributed by atoms with van der Waals surface area (Å²) in [5, 5.41) is 24.8. The van der Waals surface area contributed by atoms with Crippen LogP contribution in [0, 0.1) is 13.8 Å². The minimum Gasteiger partial charge on any atom is -0.357 e. The summed E-state index contributed by atoms with van der Waals surface area (Å²) in [5.74, 6) is 0.897. The molecule has 0 radical (unpaired) electrons. The van der Waals surface area contributed by atoms with Crippen LogP contribution in [-0.4, -0.2) is 32.8 Å². The maximum absolute atomic E-state index is 5.92. The first-order valence-corrected chi connectivity index (χ1v) is 11.5. The molecule has 0 saturated carbocycles. The Morgan fingerprint density at radius 3 is 1.94 bits per heavy atom. The number of aromatic nitrogens is 5. The fourth-order valence-corrected chi connectivity index (χ4v) is 4.19. The lowest BCUT2D eigenvalue weighted by Crippen LogP contribution is -2.37. The number of hydrogen-bond acceptors (Lipinski definition) is 7. The summed E-state index contributed by atoms with van der Waals surface area (Å²) >= 11 is 0. The molecule has 35 heavy (non-hydrogen) atoms. The summed E-state index contributed by atoms with van der Waals surface area (Å²) in [6.07, 6.45) is 0. The molecule has 0 aliphatic carbocycles. The van der Waals surface area contributed by atoms with E-state index in [0.29, 0.717) is 38.1 Å². The molecule has 0 amide bonds. The smallest absolute Gasteiger partial charge is 0.357 e. The molecule has 0 unspecified atom stereocenters. The van der Waals surface area contributed by atoms with Gasteiger partial charge in [0.25, 0.3) is 0 Å². The minimum atomic E-state index is 0.377. The molecular weight excluding hydrogens is 442 g/mol. The van der Waals surface area contributed by atoms with Crippen molar-refractivity contribution in [1.82, 2.24) is 19.7 Å². The van der Waals surface area contributed by atoms with Gasteiger partial charge >= 0.3 is 11.9 Å². The molecule has 6 N–H and O–H groups in total. The molecule has 5 aromatic rings. The Balaban J connectivity index is 1.58. The average Bonchev–Trinajstić information content (AvgIpc) is 3.47. The first-order chi connectivity index (χ1) is 17.1. The van der Waals surface area contributed by atoms with Crippen LogP contribution >= 0.6 is 0 Å². The van der Waals surface area contributed by atoms with E-state index in [4.69, 9.17) is 11.5 Å². The zero-order valence-corrected chi connectivity index (χ0v) is 19.7. The van der Waals surface area contributed by atoms with Crippen molar-refractivity contribution in [3.63, 3.8) is 0 Å². The summed E-state index contributed by atoms with van der Waals surface area (Å²) in [4.78, 5) is 6.68. The van der Waals surface area contributed by atoms with E-state index in [2.05, 4.69) is 35.5 Å². The number of fused-ring (bicyclic) bond motifs is 2. The molecule has 0 fully saturated rings. The van der Waals surface area contributed by atoms with E-state index in [0.717, 1.165) is 44.6 Å². The van der Waals surface area contributed by atoms with Crippen LogP contribution < -0.4 is 16.0 Å². The van der Waals surface area contributed by atoms with E-state index in [9.17, 15) is 0 Å². The number of H-pyrrole nitrogens is 2. The molecule has 0 atom stereocenters. The third-order valence-electron chi connectivity index (χ3n) is 5.82. The lowest BCUT2D eigenvalue weighted by atomic mass is 10.2. The van der Waals surface area contributed by atoms with Crippen molar-refractivity contribution in [3.8, 4) is 0 Å². The number of azo groups is 2. The van der Waals surface area contributed by atoms with Gasteiger partial charge in [0.1, 0.15) is 11.4 Å².